The minimum atomic E-state index is -0.576. The van der Waals surface area contributed by atoms with E-state index < -0.39 is 6.10 Å². The third-order valence-electron chi connectivity index (χ3n) is 5.41. The lowest BCUT2D eigenvalue weighted by Gasteiger charge is -2.43. The fraction of sp³-hybridized carbons (Fsp3) is 0.650. The zero-order valence-electron chi connectivity index (χ0n) is 14.9. The van der Waals surface area contributed by atoms with Crippen LogP contribution in [-0.2, 0) is 11.2 Å². The van der Waals surface area contributed by atoms with E-state index in [2.05, 4.69) is 10.6 Å². The Hall–Kier alpha value is -1.59. The monoisotopic (exact) mass is 346 g/mol. The van der Waals surface area contributed by atoms with E-state index >= 15 is 0 Å². The van der Waals surface area contributed by atoms with Gasteiger partial charge >= 0.3 is 6.03 Å². The standard InChI is InChI=1S/C20H30N2O3/c23-18(13-16-7-3-1-4-8-16)15-21-19(24)22-17-9-12-25-20(14-17)10-5-2-6-11-20/h1,3-4,7-8,17-18,23H,2,5-6,9-15H2,(H2,21,22,24). The summed E-state index contributed by atoms with van der Waals surface area (Å²) in [7, 11) is 0. The van der Waals surface area contributed by atoms with E-state index in [4.69, 9.17) is 4.74 Å². The lowest BCUT2D eigenvalue weighted by Crippen LogP contribution is -2.52. The molecule has 2 amide bonds. The molecule has 2 aliphatic rings. The Morgan fingerprint density at radius 2 is 2.00 bits per heavy atom. The molecular formula is C20H30N2O3. The number of aliphatic hydroxyl groups is 1. The van der Waals surface area contributed by atoms with Gasteiger partial charge in [0.05, 0.1) is 11.7 Å². The van der Waals surface area contributed by atoms with Gasteiger partial charge in [-0.1, -0.05) is 49.6 Å². The molecule has 25 heavy (non-hydrogen) atoms. The van der Waals surface area contributed by atoms with Crippen molar-refractivity contribution in [2.24, 2.45) is 0 Å². The lowest BCUT2D eigenvalue weighted by molar-refractivity contribution is -0.107. The zero-order valence-corrected chi connectivity index (χ0v) is 14.9. The summed E-state index contributed by atoms with van der Waals surface area (Å²) >= 11 is 0. The summed E-state index contributed by atoms with van der Waals surface area (Å²) < 4.78 is 6.07. The molecule has 5 nitrogen and oxygen atoms in total. The van der Waals surface area contributed by atoms with Gasteiger partial charge in [-0.05, 0) is 31.2 Å². The molecule has 1 heterocycles. The van der Waals surface area contributed by atoms with Crippen LogP contribution in [0.15, 0.2) is 30.3 Å². The highest BCUT2D eigenvalue weighted by Crippen LogP contribution is 2.38. The SMILES string of the molecule is O=C(NCC(O)Cc1ccccc1)NC1CCOC2(CCCCC2)C1. The van der Waals surface area contributed by atoms with Gasteiger partial charge in [0, 0.05) is 25.6 Å². The number of amides is 2. The first kappa shape index (κ1) is 18.2. The summed E-state index contributed by atoms with van der Waals surface area (Å²) in [6, 6.07) is 9.80. The first-order chi connectivity index (χ1) is 12.2. The van der Waals surface area contributed by atoms with Crippen molar-refractivity contribution in [1.82, 2.24) is 10.6 Å². The summed E-state index contributed by atoms with van der Waals surface area (Å²) in [5, 5.41) is 16.0. The van der Waals surface area contributed by atoms with E-state index in [9.17, 15) is 9.90 Å². The van der Waals surface area contributed by atoms with Gasteiger partial charge in [0.15, 0.2) is 0 Å². The molecule has 138 valence electrons. The van der Waals surface area contributed by atoms with Crippen molar-refractivity contribution >= 4 is 6.03 Å². The van der Waals surface area contributed by atoms with Gasteiger partial charge in [-0.2, -0.15) is 0 Å². The Morgan fingerprint density at radius 3 is 2.76 bits per heavy atom. The molecule has 1 saturated heterocycles. The molecule has 2 unspecified atom stereocenters. The molecule has 1 spiro atoms. The highest BCUT2D eigenvalue weighted by atomic mass is 16.5. The van der Waals surface area contributed by atoms with Gasteiger partial charge in [0.25, 0.3) is 0 Å². The fourth-order valence-corrected chi connectivity index (χ4v) is 4.10. The Kier molecular flexibility index (Phi) is 6.32. The van der Waals surface area contributed by atoms with E-state index in [1.807, 2.05) is 30.3 Å². The van der Waals surface area contributed by atoms with E-state index in [0.29, 0.717) is 6.42 Å². The number of urea groups is 1. The Balaban J connectivity index is 1.40. The van der Waals surface area contributed by atoms with Crippen LogP contribution in [0.1, 0.15) is 50.5 Å². The molecule has 0 radical (unpaired) electrons. The van der Waals surface area contributed by atoms with Crippen LogP contribution < -0.4 is 10.6 Å². The maximum Gasteiger partial charge on any atom is 0.315 e. The second kappa shape index (κ2) is 8.68. The predicted octanol–water partition coefficient (Wildman–Crippen LogP) is 2.77. The number of ether oxygens (including phenoxy) is 1. The van der Waals surface area contributed by atoms with Crippen molar-refractivity contribution in [2.45, 2.75) is 69.1 Å². The van der Waals surface area contributed by atoms with Crippen molar-refractivity contribution in [1.29, 1.82) is 0 Å². The van der Waals surface area contributed by atoms with E-state index in [0.717, 1.165) is 37.9 Å². The molecule has 3 N–H and O–H groups in total. The third kappa shape index (κ3) is 5.44. The number of aliphatic hydroxyl groups excluding tert-OH is 1. The van der Waals surface area contributed by atoms with Crippen LogP contribution in [0.5, 0.6) is 0 Å². The van der Waals surface area contributed by atoms with Crippen LogP contribution in [0, 0.1) is 0 Å². The molecule has 3 rings (SSSR count). The molecule has 1 saturated carbocycles. The van der Waals surface area contributed by atoms with Gasteiger partial charge in [0.2, 0.25) is 0 Å². The molecule has 0 bridgehead atoms. The highest BCUT2D eigenvalue weighted by molar-refractivity contribution is 5.74. The van der Waals surface area contributed by atoms with Crippen molar-refractivity contribution in [3.05, 3.63) is 35.9 Å². The maximum absolute atomic E-state index is 12.2. The van der Waals surface area contributed by atoms with Crippen molar-refractivity contribution in [3.63, 3.8) is 0 Å². The fourth-order valence-electron chi connectivity index (χ4n) is 4.10. The van der Waals surface area contributed by atoms with Gasteiger partial charge in [-0.3, -0.25) is 0 Å². The number of nitrogens with one attached hydrogen (secondary N) is 2. The van der Waals surface area contributed by atoms with Crippen LogP contribution in [0.2, 0.25) is 0 Å². The number of benzene rings is 1. The Labute approximate surface area is 150 Å². The maximum atomic E-state index is 12.2. The second-order valence-corrected chi connectivity index (χ2v) is 7.48. The number of hydrogen-bond acceptors (Lipinski definition) is 3. The van der Waals surface area contributed by atoms with Crippen molar-refractivity contribution in [2.75, 3.05) is 13.2 Å². The molecule has 1 aliphatic heterocycles. The van der Waals surface area contributed by atoms with E-state index in [1.54, 1.807) is 0 Å². The van der Waals surface area contributed by atoms with Crippen LogP contribution in [-0.4, -0.2) is 42.0 Å². The molecular weight excluding hydrogens is 316 g/mol. The van der Waals surface area contributed by atoms with Gasteiger partial charge in [-0.25, -0.2) is 4.79 Å². The van der Waals surface area contributed by atoms with Crippen LogP contribution in [0.4, 0.5) is 4.79 Å². The van der Waals surface area contributed by atoms with Crippen molar-refractivity contribution < 1.29 is 14.6 Å². The van der Waals surface area contributed by atoms with Gasteiger partial charge in [0.1, 0.15) is 0 Å². The molecule has 1 aromatic carbocycles. The smallest absolute Gasteiger partial charge is 0.315 e. The van der Waals surface area contributed by atoms with Crippen molar-refractivity contribution in [3.8, 4) is 0 Å². The van der Waals surface area contributed by atoms with Crippen LogP contribution in [0.3, 0.4) is 0 Å². The van der Waals surface area contributed by atoms with Gasteiger partial charge in [-0.15, -0.1) is 0 Å². The zero-order chi connectivity index (χ0) is 17.5. The van der Waals surface area contributed by atoms with E-state index in [-0.39, 0.29) is 24.2 Å². The highest BCUT2D eigenvalue weighted by Gasteiger charge is 2.38. The first-order valence-corrected chi connectivity index (χ1v) is 9.56. The van der Waals surface area contributed by atoms with Crippen LogP contribution in [0.25, 0.3) is 0 Å². The molecule has 0 aromatic heterocycles. The number of carbonyl (C=O) groups excluding carboxylic acids is 1. The summed E-state index contributed by atoms with van der Waals surface area (Å²) in [4.78, 5) is 12.2. The molecule has 1 aliphatic carbocycles. The first-order valence-electron chi connectivity index (χ1n) is 9.56. The minimum absolute atomic E-state index is 0.0126. The summed E-state index contributed by atoms with van der Waals surface area (Å²) in [5.41, 5.74) is 1.06. The summed E-state index contributed by atoms with van der Waals surface area (Å²) in [5.74, 6) is 0. The molecule has 1 aromatic rings. The van der Waals surface area contributed by atoms with Crippen LogP contribution >= 0.6 is 0 Å². The average molecular weight is 346 g/mol. The molecule has 2 atom stereocenters. The Bertz CT molecular complexity index is 538. The predicted molar refractivity (Wildman–Crippen MR) is 97.5 cm³/mol. The number of carbonyl (C=O) groups is 1. The lowest BCUT2D eigenvalue weighted by atomic mass is 9.78. The molecule has 2 fully saturated rings. The molecule has 5 heteroatoms. The number of hydrogen-bond donors (Lipinski definition) is 3. The second-order valence-electron chi connectivity index (χ2n) is 7.48. The topological polar surface area (TPSA) is 70.6 Å². The number of rotatable bonds is 5. The Morgan fingerprint density at radius 1 is 1.24 bits per heavy atom. The normalized spacial score (nSPS) is 23.8. The van der Waals surface area contributed by atoms with E-state index in [1.165, 1.54) is 19.3 Å². The summed E-state index contributed by atoms with van der Waals surface area (Å²) in [6.07, 6.45) is 7.71. The quantitative estimate of drug-likeness (QED) is 0.768. The minimum Gasteiger partial charge on any atom is -0.391 e. The third-order valence-corrected chi connectivity index (χ3v) is 5.41. The summed E-state index contributed by atoms with van der Waals surface area (Å²) in [6.45, 7) is 0.983. The van der Waals surface area contributed by atoms with Gasteiger partial charge < -0.3 is 20.5 Å². The largest absolute Gasteiger partial charge is 0.391 e. The average Bonchev–Trinajstić information content (AvgIpc) is 2.62.